The first-order chi connectivity index (χ1) is 12.6. The van der Waals surface area contributed by atoms with Crippen molar-refractivity contribution in [1.29, 1.82) is 0 Å². The molecule has 0 aromatic heterocycles. The first-order valence-electron chi connectivity index (χ1n) is 9.44. The molecular formula is C22H29ClN2S. The smallest absolute Gasteiger partial charge is 0.0406 e. The number of rotatable bonds is 8. The first kappa shape index (κ1) is 19.8. The highest BCUT2D eigenvalue weighted by atomic mass is 35.5. The number of hydrogen-bond donors (Lipinski definition) is 0. The number of hydrogen-bond acceptors (Lipinski definition) is 3. The third-order valence-corrected chi connectivity index (χ3v) is 6.33. The number of nitrogens with zero attached hydrogens (tertiary/aromatic N) is 2. The second-order valence-corrected chi connectivity index (χ2v) is 8.57. The van der Waals surface area contributed by atoms with E-state index in [1.165, 1.54) is 41.8 Å². The van der Waals surface area contributed by atoms with E-state index in [9.17, 15) is 0 Å². The van der Waals surface area contributed by atoms with Crippen molar-refractivity contribution in [2.45, 2.75) is 43.3 Å². The lowest BCUT2D eigenvalue weighted by atomic mass is 10.1. The molecule has 0 spiro atoms. The average Bonchev–Trinajstić information content (AvgIpc) is 3.07. The van der Waals surface area contributed by atoms with Crippen LogP contribution >= 0.6 is 23.4 Å². The molecule has 26 heavy (non-hydrogen) atoms. The fraction of sp³-hybridized carbons (Fsp3) is 0.455. The zero-order valence-electron chi connectivity index (χ0n) is 15.8. The van der Waals surface area contributed by atoms with Crippen LogP contribution in [-0.2, 0) is 13.1 Å². The van der Waals surface area contributed by atoms with Crippen LogP contribution in [0.2, 0.25) is 5.02 Å². The van der Waals surface area contributed by atoms with E-state index >= 15 is 0 Å². The summed E-state index contributed by atoms with van der Waals surface area (Å²) in [4.78, 5) is 6.42. The van der Waals surface area contributed by atoms with Gasteiger partial charge in [-0.2, -0.15) is 0 Å². The van der Waals surface area contributed by atoms with Crippen molar-refractivity contribution in [3.05, 3.63) is 64.7 Å². The molecule has 4 heteroatoms. The summed E-state index contributed by atoms with van der Waals surface area (Å²) in [5, 5.41) is 0.806. The van der Waals surface area contributed by atoms with Gasteiger partial charge in [-0.05, 0) is 74.5 Å². The Morgan fingerprint density at radius 1 is 1.04 bits per heavy atom. The minimum atomic E-state index is 0.738. The van der Waals surface area contributed by atoms with Crippen molar-refractivity contribution in [1.82, 2.24) is 9.80 Å². The molecule has 1 heterocycles. The monoisotopic (exact) mass is 388 g/mol. The normalized spacial score (nSPS) is 17.9. The van der Waals surface area contributed by atoms with Gasteiger partial charge in [-0.1, -0.05) is 35.9 Å². The maximum atomic E-state index is 6.05. The average molecular weight is 389 g/mol. The van der Waals surface area contributed by atoms with Gasteiger partial charge in [0, 0.05) is 35.6 Å². The van der Waals surface area contributed by atoms with Gasteiger partial charge in [0.15, 0.2) is 0 Å². The van der Waals surface area contributed by atoms with E-state index in [1.54, 1.807) is 11.8 Å². The van der Waals surface area contributed by atoms with E-state index in [0.717, 1.165) is 30.7 Å². The number of halogens is 1. The molecule has 0 bridgehead atoms. The summed E-state index contributed by atoms with van der Waals surface area (Å²) >= 11 is 7.84. The maximum absolute atomic E-state index is 6.05. The van der Waals surface area contributed by atoms with Crippen LogP contribution in [0, 0.1) is 0 Å². The zero-order chi connectivity index (χ0) is 18.4. The Labute approximate surface area is 167 Å². The third kappa shape index (κ3) is 5.75. The highest BCUT2D eigenvalue weighted by Crippen LogP contribution is 2.21. The molecular weight excluding hydrogens is 360 g/mol. The Balaban J connectivity index is 1.65. The predicted molar refractivity (Wildman–Crippen MR) is 114 cm³/mol. The third-order valence-electron chi connectivity index (χ3n) is 5.33. The van der Waals surface area contributed by atoms with Gasteiger partial charge in [-0.3, -0.25) is 4.90 Å². The van der Waals surface area contributed by atoms with Crippen molar-refractivity contribution >= 4 is 23.4 Å². The lowest BCUT2D eigenvalue weighted by Crippen LogP contribution is -2.31. The van der Waals surface area contributed by atoms with E-state index in [1.807, 2.05) is 12.1 Å². The molecule has 1 fully saturated rings. The summed E-state index contributed by atoms with van der Waals surface area (Å²) < 4.78 is 0. The Bertz CT molecular complexity index is 672. The van der Waals surface area contributed by atoms with E-state index in [0.29, 0.717) is 0 Å². The van der Waals surface area contributed by atoms with Gasteiger partial charge in [0.05, 0.1) is 0 Å². The summed E-state index contributed by atoms with van der Waals surface area (Å²) in [6, 6.07) is 18.0. The molecule has 0 N–H and O–H groups in total. The lowest BCUT2D eigenvalue weighted by Gasteiger charge is -2.26. The zero-order valence-corrected chi connectivity index (χ0v) is 17.4. The summed E-state index contributed by atoms with van der Waals surface area (Å²) in [7, 11) is 2.27. The van der Waals surface area contributed by atoms with Crippen molar-refractivity contribution in [2.75, 3.05) is 26.4 Å². The SMILES string of the molecule is CSc1ccc(CN(CC[C@@H]2CCCN2C)Cc2ccc(Cl)cc2)cc1. The highest BCUT2D eigenvalue weighted by molar-refractivity contribution is 7.98. The van der Waals surface area contributed by atoms with E-state index in [-0.39, 0.29) is 0 Å². The molecule has 3 rings (SSSR count). The summed E-state index contributed by atoms with van der Waals surface area (Å²) in [6.07, 6.45) is 6.05. The fourth-order valence-electron chi connectivity index (χ4n) is 3.73. The van der Waals surface area contributed by atoms with Crippen LogP contribution in [0.4, 0.5) is 0 Å². The molecule has 0 unspecified atom stereocenters. The van der Waals surface area contributed by atoms with Crippen LogP contribution in [0.5, 0.6) is 0 Å². The van der Waals surface area contributed by atoms with Gasteiger partial charge < -0.3 is 4.90 Å². The van der Waals surface area contributed by atoms with E-state index in [2.05, 4.69) is 59.5 Å². The standard InChI is InChI=1S/C22H29ClN2S/c1-24-14-3-4-21(24)13-15-25(16-18-5-9-20(23)10-6-18)17-19-7-11-22(26-2)12-8-19/h5-12,21H,3-4,13-17H2,1-2H3/t21-/m0/s1. The molecule has 2 aromatic carbocycles. The lowest BCUT2D eigenvalue weighted by molar-refractivity contribution is 0.211. The Hall–Kier alpha value is -1.00. The summed E-state index contributed by atoms with van der Waals surface area (Å²) in [5.41, 5.74) is 2.71. The second-order valence-electron chi connectivity index (χ2n) is 7.25. The van der Waals surface area contributed by atoms with E-state index in [4.69, 9.17) is 11.6 Å². The molecule has 140 valence electrons. The minimum absolute atomic E-state index is 0.738. The molecule has 0 amide bonds. The molecule has 0 saturated carbocycles. The molecule has 1 atom stereocenters. The van der Waals surface area contributed by atoms with Gasteiger partial charge in [0.25, 0.3) is 0 Å². The van der Waals surface area contributed by atoms with Gasteiger partial charge in [-0.25, -0.2) is 0 Å². The topological polar surface area (TPSA) is 6.48 Å². The summed E-state index contributed by atoms with van der Waals surface area (Å²) in [6.45, 7) is 4.34. The maximum Gasteiger partial charge on any atom is 0.0406 e. The van der Waals surface area contributed by atoms with Crippen molar-refractivity contribution in [3.8, 4) is 0 Å². The van der Waals surface area contributed by atoms with Gasteiger partial charge in [0.2, 0.25) is 0 Å². The number of benzene rings is 2. The fourth-order valence-corrected chi connectivity index (χ4v) is 4.26. The highest BCUT2D eigenvalue weighted by Gasteiger charge is 2.21. The molecule has 1 aliphatic rings. The molecule has 1 saturated heterocycles. The largest absolute Gasteiger partial charge is 0.303 e. The molecule has 2 aromatic rings. The molecule has 0 aliphatic carbocycles. The van der Waals surface area contributed by atoms with Crippen molar-refractivity contribution < 1.29 is 0 Å². The van der Waals surface area contributed by atoms with Gasteiger partial charge in [0.1, 0.15) is 0 Å². The van der Waals surface area contributed by atoms with Gasteiger partial charge >= 0.3 is 0 Å². The second kappa shape index (κ2) is 9.80. The van der Waals surface area contributed by atoms with Gasteiger partial charge in [-0.15, -0.1) is 11.8 Å². The number of thioether (sulfide) groups is 1. The van der Waals surface area contributed by atoms with Crippen molar-refractivity contribution in [2.24, 2.45) is 0 Å². The van der Waals surface area contributed by atoms with Crippen LogP contribution in [0.25, 0.3) is 0 Å². The summed E-state index contributed by atoms with van der Waals surface area (Å²) in [5.74, 6) is 0. The molecule has 2 nitrogen and oxygen atoms in total. The van der Waals surface area contributed by atoms with Crippen LogP contribution in [0.3, 0.4) is 0 Å². The predicted octanol–water partition coefficient (Wildman–Crippen LogP) is 5.55. The Morgan fingerprint density at radius 3 is 2.19 bits per heavy atom. The van der Waals surface area contributed by atoms with Crippen LogP contribution in [-0.4, -0.2) is 42.2 Å². The van der Waals surface area contributed by atoms with E-state index < -0.39 is 0 Å². The minimum Gasteiger partial charge on any atom is -0.303 e. The molecule has 1 aliphatic heterocycles. The molecule has 0 radical (unpaired) electrons. The van der Waals surface area contributed by atoms with Crippen molar-refractivity contribution in [3.63, 3.8) is 0 Å². The van der Waals surface area contributed by atoms with Crippen LogP contribution in [0.1, 0.15) is 30.4 Å². The van der Waals surface area contributed by atoms with Crippen LogP contribution in [0.15, 0.2) is 53.4 Å². The van der Waals surface area contributed by atoms with Crippen LogP contribution < -0.4 is 0 Å². The Kier molecular flexibility index (Phi) is 7.44. The number of likely N-dealkylation sites (tertiary alicyclic amines) is 1. The quantitative estimate of drug-likeness (QED) is 0.547. The first-order valence-corrected chi connectivity index (χ1v) is 11.0. The Morgan fingerprint density at radius 2 is 1.65 bits per heavy atom.